The van der Waals surface area contributed by atoms with Crippen molar-refractivity contribution in [3.63, 3.8) is 0 Å². The van der Waals surface area contributed by atoms with Gasteiger partial charge in [-0.1, -0.05) is 24.8 Å². The lowest BCUT2D eigenvalue weighted by atomic mass is 10.1. The predicted molar refractivity (Wildman–Crippen MR) is 80.0 cm³/mol. The van der Waals surface area contributed by atoms with E-state index in [1.807, 2.05) is 0 Å². The molecule has 0 atom stereocenters. The lowest BCUT2D eigenvalue weighted by Gasteiger charge is -2.05. The summed E-state index contributed by atoms with van der Waals surface area (Å²) in [5.74, 6) is -0.670. The normalized spacial score (nSPS) is 10.1. The molecule has 0 aliphatic carbocycles. The van der Waals surface area contributed by atoms with Crippen molar-refractivity contribution in [1.82, 2.24) is 0 Å². The van der Waals surface area contributed by atoms with Crippen LogP contribution in [-0.4, -0.2) is 24.7 Å². The lowest BCUT2D eigenvalue weighted by Crippen LogP contribution is -2.08. The number of methoxy groups -OCH3 is 1. The van der Waals surface area contributed by atoms with E-state index in [0.29, 0.717) is 11.3 Å². The van der Waals surface area contributed by atoms with Crippen LogP contribution in [0.5, 0.6) is 0 Å². The molecule has 1 aromatic carbocycles. The number of hydrogen-bond donors (Lipinski definition) is 2. The Bertz CT molecular complexity index is 568. The second-order valence-electron chi connectivity index (χ2n) is 3.87. The van der Waals surface area contributed by atoms with Gasteiger partial charge >= 0.3 is 5.97 Å². The first-order chi connectivity index (χ1) is 9.56. The number of rotatable bonds is 6. The zero-order valence-corrected chi connectivity index (χ0v) is 11.2. The number of allylic oxidation sites excluding steroid dienone is 1. The first-order valence-corrected chi connectivity index (χ1v) is 5.92. The molecule has 0 bridgehead atoms. The van der Waals surface area contributed by atoms with Gasteiger partial charge in [-0.25, -0.2) is 0 Å². The number of amides is 1. The third-order valence-corrected chi connectivity index (χ3v) is 2.42. The van der Waals surface area contributed by atoms with Crippen LogP contribution in [-0.2, 0) is 14.3 Å². The van der Waals surface area contributed by atoms with Crippen LogP contribution in [0.15, 0.2) is 49.1 Å². The Kier molecular flexibility index (Phi) is 5.90. The van der Waals surface area contributed by atoms with E-state index in [2.05, 4.69) is 16.6 Å². The molecule has 0 saturated carbocycles. The Morgan fingerprint density at radius 2 is 2.25 bits per heavy atom. The molecule has 0 heterocycles. The fourth-order valence-corrected chi connectivity index (χ4v) is 1.41. The summed E-state index contributed by atoms with van der Waals surface area (Å²) in [6, 6.07) is 6.87. The van der Waals surface area contributed by atoms with Crippen LogP contribution < -0.4 is 5.32 Å². The Labute approximate surface area is 118 Å². The zero-order valence-electron chi connectivity index (χ0n) is 11.2. The number of anilines is 1. The van der Waals surface area contributed by atoms with Gasteiger partial charge in [0.1, 0.15) is 0 Å². The molecule has 0 aromatic heterocycles. The smallest absolute Gasteiger partial charge is 0.309 e. The number of esters is 1. The van der Waals surface area contributed by atoms with Gasteiger partial charge < -0.3 is 15.5 Å². The highest BCUT2D eigenvalue weighted by Crippen LogP contribution is 2.12. The number of ether oxygens (including phenoxy) is 1. The monoisotopic (exact) mass is 274 g/mol. The number of nitrogens with one attached hydrogen (secondary N) is 2. The van der Waals surface area contributed by atoms with Crippen LogP contribution >= 0.6 is 0 Å². The van der Waals surface area contributed by atoms with E-state index < -0.39 is 0 Å². The van der Waals surface area contributed by atoms with Crippen molar-refractivity contribution in [2.75, 3.05) is 12.4 Å². The van der Waals surface area contributed by atoms with E-state index in [1.54, 1.807) is 30.3 Å². The van der Waals surface area contributed by atoms with E-state index in [0.717, 1.165) is 0 Å². The second kappa shape index (κ2) is 7.68. The summed E-state index contributed by atoms with van der Waals surface area (Å²) in [6.07, 6.45) is 4.37. The minimum Gasteiger partial charge on any atom is -0.469 e. The molecule has 1 rings (SSSR count). The van der Waals surface area contributed by atoms with Crippen LogP contribution in [0.3, 0.4) is 0 Å². The molecule has 5 nitrogen and oxygen atoms in total. The fourth-order valence-electron chi connectivity index (χ4n) is 1.41. The molecule has 1 aromatic rings. The van der Waals surface area contributed by atoms with Crippen LogP contribution in [0.4, 0.5) is 5.69 Å². The van der Waals surface area contributed by atoms with E-state index >= 15 is 0 Å². The maximum Gasteiger partial charge on any atom is 0.309 e. The van der Waals surface area contributed by atoms with Gasteiger partial charge in [0, 0.05) is 12.7 Å². The van der Waals surface area contributed by atoms with E-state index in [1.165, 1.54) is 19.3 Å². The Hall–Kier alpha value is -2.69. The van der Waals surface area contributed by atoms with Gasteiger partial charge in [-0.2, -0.15) is 0 Å². The molecular weight excluding hydrogens is 256 g/mol. The maximum atomic E-state index is 11.2. The number of hydrogen-bond acceptors (Lipinski definition) is 4. The molecule has 0 spiro atoms. The van der Waals surface area contributed by atoms with E-state index in [-0.39, 0.29) is 25.4 Å². The molecule has 5 heteroatoms. The minimum atomic E-state index is -0.360. The van der Waals surface area contributed by atoms with E-state index in [9.17, 15) is 9.59 Å². The number of benzene rings is 1. The number of carbonyl (C=O) groups excluding carboxylic acids is 2. The molecule has 0 aliphatic heterocycles. The molecule has 0 radical (unpaired) electrons. The lowest BCUT2D eigenvalue weighted by molar-refractivity contribution is -0.139. The topological polar surface area (TPSA) is 79.3 Å². The van der Waals surface area contributed by atoms with Gasteiger partial charge in [0.25, 0.3) is 0 Å². The van der Waals surface area contributed by atoms with Gasteiger partial charge in [0.15, 0.2) is 0 Å². The van der Waals surface area contributed by atoms with Gasteiger partial charge in [-0.15, -0.1) is 0 Å². The van der Waals surface area contributed by atoms with Gasteiger partial charge in [0.2, 0.25) is 5.91 Å². The molecule has 2 N–H and O–H groups in total. The highest BCUT2D eigenvalue weighted by molar-refractivity contribution is 6.08. The van der Waals surface area contributed by atoms with Crippen molar-refractivity contribution in [1.29, 1.82) is 5.41 Å². The molecular formula is C15H18N2O3. The molecule has 0 fully saturated rings. The average Bonchev–Trinajstić information content (AvgIpc) is 2.47. The Balaban J connectivity index is 0.00000400. The minimum absolute atomic E-state index is 0. The predicted octanol–water partition coefficient (Wildman–Crippen LogP) is 2.54. The molecule has 20 heavy (non-hydrogen) atoms. The average molecular weight is 274 g/mol. The van der Waals surface area contributed by atoms with Crippen molar-refractivity contribution in [3.8, 4) is 0 Å². The van der Waals surface area contributed by atoms with Crippen LogP contribution in [0.2, 0.25) is 0 Å². The van der Waals surface area contributed by atoms with Crippen molar-refractivity contribution in [3.05, 3.63) is 54.6 Å². The molecule has 0 aliphatic rings. The van der Waals surface area contributed by atoms with Gasteiger partial charge in [0.05, 0.1) is 19.2 Å². The maximum absolute atomic E-state index is 11.2. The summed E-state index contributed by atoms with van der Waals surface area (Å²) in [4.78, 5) is 22.1. The second-order valence-corrected chi connectivity index (χ2v) is 3.87. The highest BCUT2D eigenvalue weighted by Gasteiger charge is 2.02. The summed E-state index contributed by atoms with van der Waals surface area (Å²) >= 11 is 0. The number of carbonyl (C=O) groups is 2. The Morgan fingerprint density at radius 3 is 2.90 bits per heavy atom. The van der Waals surface area contributed by atoms with Crippen molar-refractivity contribution < 1.29 is 15.8 Å². The van der Waals surface area contributed by atoms with E-state index in [4.69, 9.17) is 5.41 Å². The van der Waals surface area contributed by atoms with Crippen molar-refractivity contribution in [2.24, 2.45) is 0 Å². The van der Waals surface area contributed by atoms with Crippen LogP contribution in [0.25, 0.3) is 0 Å². The van der Waals surface area contributed by atoms with Gasteiger partial charge in [-0.05, 0) is 24.3 Å². The fraction of sp³-hybridized carbons (Fsp3) is 0.133. The third-order valence-electron chi connectivity index (χ3n) is 2.42. The zero-order chi connectivity index (χ0) is 15.0. The summed E-state index contributed by atoms with van der Waals surface area (Å²) in [5.41, 5.74) is 1.45. The first kappa shape index (κ1) is 15.4. The molecule has 0 unspecified atom stereocenters. The van der Waals surface area contributed by atoms with Crippen molar-refractivity contribution >= 4 is 23.3 Å². The summed E-state index contributed by atoms with van der Waals surface area (Å²) in [7, 11) is 1.31. The summed E-state index contributed by atoms with van der Waals surface area (Å²) in [6.45, 7) is 3.37. The molecule has 1 amide bonds. The highest BCUT2D eigenvalue weighted by atomic mass is 16.5. The standard InChI is InChI=1S/C15H16N2O3.H2/c1-3-14(18)17-12-7-4-6-11(10-12)13(16)8-5-9-15(19)20-2;/h3-8,10,16H,1,9H2,2H3,(H,17,18);1H/b8-5+,16-13?;. The summed E-state index contributed by atoms with van der Waals surface area (Å²) < 4.78 is 4.50. The first-order valence-electron chi connectivity index (χ1n) is 5.92. The SMILES string of the molecule is C=CC(=O)Nc1cccc(C(=N)/C=C/CC(=O)OC)c1.[HH]. The molecule has 0 saturated heterocycles. The summed E-state index contributed by atoms with van der Waals surface area (Å²) in [5, 5.41) is 10.5. The van der Waals surface area contributed by atoms with Crippen LogP contribution in [0, 0.1) is 5.41 Å². The van der Waals surface area contributed by atoms with Crippen molar-refractivity contribution in [2.45, 2.75) is 6.42 Å². The largest absolute Gasteiger partial charge is 0.469 e. The van der Waals surface area contributed by atoms with Crippen LogP contribution in [0.1, 0.15) is 13.4 Å². The molecule has 106 valence electrons. The van der Waals surface area contributed by atoms with Gasteiger partial charge in [-0.3, -0.25) is 9.59 Å². The quantitative estimate of drug-likeness (QED) is 0.475. The Morgan fingerprint density at radius 1 is 1.50 bits per heavy atom. The third kappa shape index (κ3) is 4.89.